The summed E-state index contributed by atoms with van der Waals surface area (Å²) in [6.45, 7) is 0. The molecule has 7 heteroatoms. The summed E-state index contributed by atoms with van der Waals surface area (Å²) in [5.74, 6) is 0.385. The van der Waals surface area contributed by atoms with E-state index in [0.29, 0.717) is 22.5 Å². The third kappa shape index (κ3) is 2.70. The summed E-state index contributed by atoms with van der Waals surface area (Å²) in [5.41, 5.74) is 9.89. The van der Waals surface area contributed by atoms with E-state index in [0.717, 1.165) is 16.0 Å². The van der Waals surface area contributed by atoms with Gasteiger partial charge in [-0.05, 0) is 35.2 Å². The second-order valence-corrected chi connectivity index (χ2v) is 6.36. The number of para-hydroxylation sites is 1. The van der Waals surface area contributed by atoms with Crippen LogP contribution < -0.4 is 5.73 Å². The topological polar surface area (TPSA) is 94.9 Å². The Kier molecular flexibility index (Phi) is 3.62. The number of nitrogen functional groups attached to an aromatic ring is 1. The fourth-order valence-electron chi connectivity index (χ4n) is 2.68. The van der Waals surface area contributed by atoms with Crippen molar-refractivity contribution in [2.45, 2.75) is 0 Å². The van der Waals surface area contributed by atoms with Crippen molar-refractivity contribution in [1.82, 2.24) is 9.97 Å². The molecule has 0 amide bonds. The van der Waals surface area contributed by atoms with Crippen molar-refractivity contribution in [3.05, 3.63) is 70.1 Å². The molecule has 0 bridgehead atoms. The standard InChI is InChI=1S/C18H12N4O2S/c19-18-17(15-5-2-10-25-15)21-16-13(3-1-4-14(16)20-18)11-6-8-12(9-7-11)22(23)24/h1-10H,(H2,19,20). The first kappa shape index (κ1) is 15.2. The van der Waals surface area contributed by atoms with Crippen LogP contribution in [0.3, 0.4) is 0 Å². The zero-order valence-corrected chi connectivity index (χ0v) is 13.7. The number of benzene rings is 2. The molecular weight excluding hydrogens is 336 g/mol. The molecule has 2 aromatic heterocycles. The normalized spacial score (nSPS) is 10.9. The first-order valence-corrected chi connectivity index (χ1v) is 8.36. The van der Waals surface area contributed by atoms with Gasteiger partial charge in [-0.2, -0.15) is 0 Å². The highest BCUT2D eigenvalue weighted by Gasteiger charge is 2.13. The fraction of sp³-hybridized carbons (Fsp3) is 0. The number of hydrogen-bond acceptors (Lipinski definition) is 6. The molecule has 0 atom stereocenters. The molecule has 0 spiro atoms. The zero-order valence-electron chi connectivity index (χ0n) is 12.9. The lowest BCUT2D eigenvalue weighted by Gasteiger charge is -2.09. The highest BCUT2D eigenvalue weighted by molar-refractivity contribution is 7.13. The van der Waals surface area contributed by atoms with Gasteiger partial charge >= 0.3 is 0 Å². The zero-order chi connectivity index (χ0) is 17.4. The third-order valence-electron chi connectivity index (χ3n) is 3.87. The Bertz CT molecular complexity index is 1080. The van der Waals surface area contributed by atoms with E-state index in [1.807, 2.05) is 35.7 Å². The largest absolute Gasteiger partial charge is 0.382 e. The van der Waals surface area contributed by atoms with E-state index in [1.165, 1.54) is 12.1 Å². The summed E-state index contributed by atoms with van der Waals surface area (Å²) in [5, 5.41) is 12.8. The summed E-state index contributed by atoms with van der Waals surface area (Å²) >= 11 is 1.55. The van der Waals surface area contributed by atoms with Crippen molar-refractivity contribution in [3.8, 4) is 21.7 Å². The highest BCUT2D eigenvalue weighted by atomic mass is 32.1. The number of hydrogen-bond donors (Lipinski definition) is 1. The number of thiophene rings is 1. The maximum Gasteiger partial charge on any atom is 0.269 e. The van der Waals surface area contributed by atoms with Gasteiger partial charge in [0.1, 0.15) is 5.69 Å². The molecule has 25 heavy (non-hydrogen) atoms. The van der Waals surface area contributed by atoms with E-state index in [4.69, 9.17) is 10.7 Å². The van der Waals surface area contributed by atoms with Gasteiger partial charge in [0.15, 0.2) is 5.82 Å². The molecule has 0 fully saturated rings. The van der Waals surface area contributed by atoms with E-state index < -0.39 is 4.92 Å². The monoisotopic (exact) mass is 348 g/mol. The summed E-state index contributed by atoms with van der Waals surface area (Å²) in [4.78, 5) is 20.6. The Hall–Kier alpha value is -3.32. The molecule has 0 aliphatic carbocycles. The Morgan fingerprint density at radius 2 is 1.80 bits per heavy atom. The molecule has 0 unspecified atom stereocenters. The minimum Gasteiger partial charge on any atom is -0.382 e. The lowest BCUT2D eigenvalue weighted by Crippen LogP contribution is -1.98. The molecule has 4 aromatic rings. The number of fused-ring (bicyclic) bond motifs is 1. The van der Waals surface area contributed by atoms with Crippen LogP contribution in [0.4, 0.5) is 11.5 Å². The van der Waals surface area contributed by atoms with Gasteiger partial charge in [0.2, 0.25) is 0 Å². The molecular formula is C18H12N4O2S. The van der Waals surface area contributed by atoms with E-state index in [1.54, 1.807) is 23.5 Å². The van der Waals surface area contributed by atoms with Crippen LogP contribution in [0.25, 0.3) is 32.7 Å². The van der Waals surface area contributed by atoms with Gasteiger partial charge in [-0.25, -0.2) is 9.97 Å². The van der Waals surface area contributed by atoms with Crippen LogP contribution in [-0.2, 0) is 0 Å². The maximum atomic E-state index is 10.8. The van der Waals surface area contributed by atoms with E-state index in [2.05, 4.69) is 4.98 Å². The van der Waals surface area contributed by atoms with Crippen molar-refractivity contribution in [1.29, 1.82) is 0 Å². The van der Waals surface area contributed by atoms with Crippen molar-refractivity contribution in [3.63, 3.8) is 0 Å². The Morgan fingerprint density at radius 1 is 1.00 bits per heavy atom. The molecule has 0 radical (unpaired) electrons. The smallest absolute Gasteiger partial charge is 0.269 e. The number of rotatable bonds is 3. The van der Waals surface area contributed by atoms with Gasteiger partial charge < -0.3 is 5.73 Å². The van der Waals surface area contributed by atoms with Crippen LogP contribution in [0.1, 0.15) is 0 Å². The van der Waals surface area contributed by atoms with Gasteiger partial charge in [-0.3, -0.25) is 10.1 Å². The summed E-state index contributed by atoms with van der Waals surface area (Å²) < 4.78 is 0. The number of nitrogens with zero attached hydrogens (tertiary/aromatic N) is 3. The van der Waals surface area contributed by atoms with E-state index in [9.17, 15) is 10.1 Å². The Morgan fingerprint density at radius 3 is 2.48 bits per heavy atom. The summed E-state index contributed by atoms with van der Waals surface area (Å²) in [6.07, 6.45) is 0. The Labute approximate surface area is 146 Å². The maximum absolute atomic E-state index is 10.8. The van der Waals surface area contributed by atoms with Gasteiger partial charge in [0.25, 0.3) is 5.69 Å². The van der Waals surface area contributed by atoms with Crippen molar-refractivity contribution >= 4 is 33.9 Å². The first-order chi connectivity index (χ1) is 12.1. The first-order valence-electron chi connectivity index (χ1n) is 7.48. The minimum atomic E-state index is -0.414. The fourth-order valence-corrected chi connectivity index (χ4v) is 3.40. The molecule has 4 rings (SSSR count). The van der Waals surface area contributed by atoms with E-state index >= 15 is 0 Å². The lowest BCUT2D eigenvalue weighted by molar-refractivity contribution is -0.384. The lowest BCUT2D eigenvalue weighted by atomic mass is 10.0. The van der Waals surface area contributed by atoms with Crippen molar-refractivity contribution in [2.75, 3.05) is 5.73 Å². The number of aromatic nitrogens is 2. The van der Waals surface area contributed by atoms with Gasteiger partial charge in [0.05, 0.1) is 20.8 Å². The van der Waals surface area contributed by atoms with Crippen molar-refractivity contribution < 1.29 is 4.92 Å². The van der Waals surface area contributed by atoms with Gasteiger partial charge in [-0.1, -0.05) is 18.2 Å². The molecule has 0 aliphatic heterocycles. The summed E-state index contributed by atoms with van der Waals surface area (Å²) in [6, 6.07) is 15.9. The van der Waals surface area contributed by atoms with Crippen LogP contribution in [0, 0.1) is 10.1 Å². The molecule has 6 nitrogen and oxygen atoms in total. The molecule has 2 aromatic carbocycles. The van der Waals surface area contributed by atoms with Gasteiger partial charge in [0, 0.05) is 17.7 Å². The third-order valence-corrected chi connectivity index (χ3v) is 4.74. The predicted molar refractivity (Wildman–Crippen MR) is 99.4 cm³/mol. The molecule has 2 N–H and O–H groups in total. The summed E-state index contributed by atoms with van der Waals surface area (Å²) in [7, 11) is 0. The van der Waals surface area contributed by atoms with Crippen LogP contribution in [-0.4, -0.2) is 14.9 Å². The average Bonchev–Trinajstić information content (AvgIpc) is 3.15. The minimum absolute atomic E-state index is 0.0542. The van der Waals surface area contributed by atoms with Crippen LogP contribution >= 0.6 is 11.3 Å². The SMILES string of the molecule is Nc1nc2cccc(-c3ccc([N+](=O)[O-])cc3)c2nc1-c1cccs1. The predicted octanol–water partition coefficient (Wildman–Crippen LogP) is 4.52. The highest BCUT2D eigenvalue weighted by Crippen LogP contribution is 2.33. The van der Waals surface area contributed by atoms with Crippen LogP contribution in [0.5, 0.6) is 0 Å². The van der Waals surface area contributed by atoms with Crippen molar-refractivity contribution in [2.24, 2.45) is 0 Å². The van der Waals surface area contributed by atoms with E-state index in [-0.39, 0.29) is 5.69 Å². The van der Waals surface area contributed by atoms with Crippen LogP contribution in [0.15, 0.2) is 60.0 Å². The molecule has 2 heterocycles. The average molecular weight is 348 g/mol. The number of anilines is 1. The molecule has 0 saturated carbocycles. The molecule has 0 saturated heterocycles. The second-order valence-electron chi connectivity index (χ2n) is 5.41. The van der Waals surface area contributed by atoms with Gasteiger partial charge in [-0.15, -0.1) is 11.3 Å². The number of nitro benzene ring substituents is 1. The number of nitro groups is 1. The van der Waals surface area contributed by atoms with Crippen LogP contribution in [0.2, 0.25) is 0 Å². The second kappa shape index (κ2) is 5.95. The molecule has 0 aliphatic rings. The Balaban J connectivity index is 1.92. The number of non-ortho nitro benzene ring substituents is 1. The quantitative estimate of drug-likeness (QED) is 0.434. The number of nitrogens with two attached hydrogens (primary N) is 1. The molecule has 122 valence electrons.